The molecule has 2 N–H and O–H groups in total. The highest BCUT2D eigenvalue weighted by Crippen LogP contribution is 2.29. The van der Waals surface area contributed by atoms with E-state index in [1.54, 1.807) is 4.90 Å². The molecule has 1 aromatic carbocycles. The van der Waals surface area contributed by atoms with E-state index in [0.717, 1.165) is 12.1 Å². The summed E-state index contributed by atoms with van der Waals surface area (Å²) in [6.45, 7) is 2.45. The number of piperazine rings is 1. The lowest BCUT2D eigenvalue weighted by molar-refractivity contribution is 0.0732. The molecular formula is C11H12ClFN2O2. The number of rotatable bonds is 1. The van der Waals surface area contributed by atoms with Gasteiger partial charge in [-0.15, -0.1) is 0 Å². The third-order valence-electron chi connectivity index (χ3n) is 2.66. The van der Waals surface area contributed by atoms with E-state index in [1.165, 1.54) is 0 Å². The van der Waals surface area contributed by atoms with E-state index in [-0.39, 0.29) is 16.3 Å². The highest BCUT2D eigenvalue weighted by Gasteiger charge is 2.22. The second-order valence-electron chi connectivity index (χ2n) is 3.83. The number of amides is 1. The van der Waals surface area contributed by atoms with E-state index in [1.807, 2.05) is 0 Å². The topological polar surface area (TPSA) is 52.6 Å². The minimum absolute atomic E-state index is 0.0862. The number of carbonyl (C=O) groups is 1. The first-order valence-electron chi connectivity index (χ1n) is 5.27. The van der Waals surface area contributed by atoms with Gasteiger partial charge in [0, 0.05) is 26.2 Å². The van der Waals surface area contributed by atoms with Crippen molar-refractivity contribution in [3.05, 3.63) is 28.5 Å². The molecule has 0 aliphatic carbocycles. The summed E-state index contributed by atoms with van der Waals surface area (Å²) in [5.74, 6) is -1.40. The van der Waals surface area contributed by atoms with Gasteiger partial charge in [0.15, 0.2) is 0 Å². The molecule has 0 saturated carbocycles. The molecule has 1 saturated heterocycles. The fourth-order valence-electron chi connectivity index (χ4n) is 1.77. The Morgan fingerprint density at radius 3 is 2.71 bits per heavy atom. The molecule has 6 heteroatoms. The average molecular weight is 259 g/mol. The lowest BCUT2D eigenvalue weighted by Crippen LogP contribution is -2.46. The van der Waals surface area contributed by atoms with E-state index in [0.29, 0.717) is 26.2 Å². The minimum atomic E-state index is -0.633. The van der Waals surface area contributed by atoms with Crippen molar-refractivity contribution >= 4 is 17.5 Å². The summed E-state index contributed by atoms with van der Waals surface area (Å²) in [6, 6.07) is 1.98. The van der Waals surface area contributed by atoms with E-state index < -0.39 is 11.7 Å². The zero-order chi connectivity index (χ0) is 12.4. The van der Waals surface area contributed by atoms with Crippen LogP contribution in [0.5, 0.6) is 5.75 Å². The highest BCUT2D eigenvalue weighted by molar-refractivity contribution is 6.32. The Morgan fingerprint density at radius 1 is 1.41 bits per heavy atom. The Balaban J connectivity index is 2.29. The smallest absolute Gasteiger partial charge is 0.257 e. The SMILES string of the molecule is O=C(c1cc(F)cc(Cl)c1O)N1CCNCC1. The molecule has 1 aliphatic rings. The van der Waals surface area contributed by atoms with Crippen molar-refractivity contribution in [2.24, 2.45) is 0 Å². The maximum Gasteiger partial charge on any atom is 0.257 e. The van der Waals surface area contributed by atoms with E-state index in [9.17, 15) is 14.3 Å². The number of aromatic hydroxyl groups is 1. The van der Waals surface area contributed by atoms with Gasteiger partial charge in [-0.1, -0.05) is 11.6 Å². The minimum Gasteiger partial charge on any atom is -0.506 e. The maximum absolute atomic E-state index is 13.2. The van der Waals surface area contributed by atoms with Crippen LogP contribution in [0.15, 0.2) is 12.1 Å². The summed E-state index contributed by atoms with van der Waals surface area (Å²) < 4.78 is 13.2. The van der Waals surface area contributed by atoms with Gasteiger partial charge in [0.2, 0.25) is 0 Å². The monoisotopic (exact) mass is 258 g/mol. The Kier molecular flexibility index (Phi) is 3.49. The molecule has 4 nitrogen and oxygen atoms in total. The number of phenolic OH excluding ortho intramolecular Hbond substituents is 1. The number of hydrogen-bond acceptors (Lipinski definition) is 3. The molecule has 1 fully saturated rings. The second kappa shape index (κ2) is 4.89. The predicted molar refractivity (Wildman–Crippen MR) is 61.8 cm³/mol. The molecule has 1 amide bonds. The van der Waals surface area contributed by atoms with Crippen molar-refractivity contribution in [3.8, 4) is 5.75 Å². The highest BCUT2D eigenvalue weighted by atomic mass is 35.5. The fourth-order valence-corrected chi connectivity index (χ4v) is 1.97. The molecule has 0 bridgehead atoms. The van der Waals surface area contributed by atoms with Crippen molar-refractivity contribution in [2.45, 2.75) is 0 Å². The van der Waals surface area contributed by atoms with Crippen LogP contribution in [-0.2, 0) is 0 Å². The van der Waals surface area contributed by atoms with Gasteiger partial charge in [-0.05, 0) is 12.1 Å². The molecule has 0 atom stereocenters. The van der Waals surface area contributed by atoms with Gasteiger partial charge in [0.05, 0.1) is 10.6 Å². The zero-order valence-corrected chi connectivity index (χ0v) is 9.80. The van der Waals surface area contributed by atoms with Gasteiger partial charge in [0.1, 0.15) is 11.6 Å². The van der Waals surface area contributed by atoms with Crippen molar-refractivity contribution in [3.63, 3.8) is 0 Å². The molecule has 0 radical (unpaired) electrons. The fraction of sp³-hybridized carbons (Fsp3) is 0.364. The Hall–Kier alpha value is -1.33. The molecule has 92 valence electrons. The van der Waals surface area contributed by atoms with E-state index in [4.69, 9.17) is 11.6 Å². The quantitative estimate of drug-likeness (QED) is 0.797. The van der Waals surface area contributed by atoms with Gasteiger partial charge in [-0.25, -0.2) is 4.39 Å². The van der Waals surface area contributed by atoms with Crippen molar-refractivity contribution in [2.75, 3.05) is 26.2 Å². The van der Waals surface area contributed by atoms with Crippen LogP contribution < -0.4 is 5.32 Å². The van der Waals surface area contributed by atoms with Crippen molar-refractivity contribution < 1.29 is 14.3 Å². The molecule has 1 aromatic rings. The van der Waals surface area contributed by atoms with Crippen molar-refractivity contribution in [1.82, 2.24) is 10.2 Å². The number of nitrogens with one attached hydrogen (secondary N) is 1. The van der Waals surface area contributed by atoms with Crippen LogP contribution >= 0.6 is 11.6 Å². The number of benzene rings is 1. The van der Waals surface area contributed by atoms with Crippen LogP contribution in [0, 0.1) is 5.82 Å². The van der Waals surface area contributed by atoms with Crippen LogP contribution in [0.3, 0.4) is 0 Å². The predicted octanol–water partition coefficient (Wildman–Crippen LogP) is 1.23. The molecular weight excluding hydrogens is 247 g/mol. The van der Waals surface area contributed by atoms with Crippen LogP contribution in [0.1, 0.15) is 10.4 Å². The summed E-state index contributed by atoms with van der Waals surface area (Å²) in [7, 11) is 0. The Bertz CT molecular complexity index is 447. The van der Waals surface area contributed by atoms with Crippen LogP contribution in [0.4, 0.5) is 4.39 Å². The standard InChI is InChI=1S/C11H12ClFN2O2/c12-9-6-7(13)5-8(10(9)16)11(17)15-3-1-14-2-4-15/h5-6,14,16H,1-4H2. The van der Waals surface area contributed by atoms with Gasteiger partial charge >= 0.3 is 0 Å². The van der Waals surface area contributed by atoms with Crippen LogP contribution in [0.25, 0.3) is 0 Å². The van der Waals surface area contributed by atoms with Gasteiger partial charge < -0.3 is 15.3 Å². The largest absolute Gasteiger partial charge is 0.506 e. The van der Waals surface area contributed by atoms with E-state index in [2.05, 4.69) is 5.32 Å². The summed E-state index contributed by atoms with van der Waals surface area (Å²) in [4.78, 5) is 13.6. The number of hydrogen-bond donors (Lipinski definition) is 2. The van der Waals surface area contributed by atoms with E-state index >= 15 is 0 Å². The molecule has 0 unspecified atom stereocenters. The number of nitrogens with zero attached hydrogens (tertiary/aromatic N) is 1. The lowest BCUT2D eigenvalue weighted by Gasteiger charge is -2.27. The zero-order valence-electron chi connectivity index (χ0n) is 9.04. The lowest BCUT2D eigenvalue weighted by atomic mass is 10.1. The summed E-state index contributed by atoms with van der Waals surface area (Å²) in [5.41, 5.74) is -0.0862. The molecule has 0 aromatic heterocycles. The maximum atomic E-state index is 13.2. The summed E-state index contributed by atoms with van der Waals surface area (Å²) in [6.07, 6.45) is 0. The van der Waals surface area contributed by atoms with Gasteiger partial charge in [-0.3, -0.25) is 4.79 Å². The van der Waals surface area contributed by atoms with Crippen LogP contribution in [0.2, 0.25) is 5.02 Å². The molecule has 0 spiro atoms. The molecule has 17 heavy (non-hydrogen) atoms. The van der Waals surface area contributed by atoms with Gasteiger partial charge in [0.25, 0.3) is 5.91 Å². The molecule has 1 heterocycles. The number of phenols is 1. The third-order valence-corrected chi connectivity index (χ3v) is 2.95. The average Bonchev–Trinajstić information content (AvgIpc) is 2.34. The van der Waals surface area contributed by atoms with Gasteiger partial charge in [-0.2, -0.15) is 0 Å². The first kappa shape index (κ1) is 12.1. The molecule has 2 rings (SSSR count). The van der Waals surface area contributed by atoms with Crippen LogP contribution in [-0.4, -0.2) is 42.1 Å². The number of halogens is 2. The third kappa shape index (κ3) is 2.50. The normalized spacial score (nSPS) is 16.0. The van der Waals surface area contributed by atoms with Crippen molar-refractivity contribution in [1.29, 1.82) is 0 Å². The Morgan fingerprint density at radius 2 is 2.06 bits per heavy atom. The first-order valence-corrected chi connectivity index (χ1v) is 5.65. The summed E-state index contributed by atoms with van der Waals surface area (Å²) in [5, 5.41) is 12.6. The molecule has 1 aliphatic heterocycles. The Labute approximate surface area is 103 Å². The summed E-state index contributed by atoms with van der Waals surface area (Å²) >= 11 is 5.63. The second-order valence-corrected chi connectivity index (χ2v) is 4.23. The number of carbonyl (C=O) groups excluding carboxylic acids is 1. The first-order chi connectivity index (χ1) is 8.09.